The molecule has 5 nitrogen and oxygen atoms in total. The number of imidazole rings is 1. The molecule has 0 aliphatic carbocycles. The van der Waals surface area contributed by atoms with Crippen molar-refractivity contribution in [3.8, 4) is 5.75 Å². The number of hydrogen-bond donors (Lipinski definition) is 1. The lowest BCUT2D eigenvalue weighted by Gasteiger charge is -2.08. The summed E-state index contributed by atoms with van der Waals surface area (Å²) in [5, 5.41) is 3.71. The van der Waals surface area contributed by atoms with Gasteiger partial charge in [0, 0.05) is 7.05 Å². The summed E-state index contributed by atoms with van der Waals surface area (Å²) in [6, 6.07) is 15.8. The highest BCUT2D eigenvalue weighted by atomic mass is 32.2. The number of aromatic nitrogens is 2. The van der Waals surface area contributed by atoms with Crippen LogP contribution in [0.5, 0.6) is 5.75 Å². The van der Waals surface area contributed by atoms with Gasteiger partial charge in [0.2, 0.25) is 5.91 Å². The quantitative estimate of drug-likeness (QED) is 0.522. The van der Waals surface area contributed by atoms with Gasteiger partial charge in [0.15, 0.2) is 5.16 Å². The molecule has 0 saturated carbocycles. The van der Waals surface area contributed by atoms with Crippen LogP contribution in [0.2, 0.25) is 0 Å². The van der Waals surface area contributed by atoms with Crippen LogP contribution < -0.4 is 10.1 Å². The third kappa shape index (κ3) is 4.54. The van der Waals surface area contributed by atoms with Gasteiger partial charge in [-0.05, 0) is 36.8 Å². The van der Waals surface area contributed by atoms with Crippen molar-refractivity contribution in [2.75, 3.05) is 18.9 Å². The van der Waals surface area contributed by atoms with Gasteiger partial charge in [-0.15, -0.1) is 0 Å². The highest BCUT2D eigenvalue weighted by molar-refractivity contribution is 7.99. The number of thioether (sulfide) groups is 1. The molecule has 0 aliphatic heterocycles. The van der Waals surface area contributed by atoms with E-state index in [2.05, 4.69) is 10.3 Å². The highest BCUT2D eigenvalue weighted by Crippen LogP contribution is 2.22. The number of carbonyl (C=O) groups excluding carboxylic acids is 1. The molecule has 1 amide bonds. The molecule has 25 heavy (non-hydrogen) atoms. The summed E-state index contributed by atoms with van der Waals surface area (Å²) >= 11 is 1.44. The Hall–Kier alpha value is -2.47. The van der Waals surface area contributed by atoms with E-state index in [1.165, 1.54) is 11.8 Å². The van der Waals surface area contributed by atoms with Crippen LogP contribution >= 0.6 is 11.8 Å². The van der Waals surface area contributed by atoms with E-state index in [0.29, 0.717) is 18.9 Å². The van der Waals surface area contributed by atoms with Crippen LogP contribution in [-0.2, 0) is 11.8 Å². The number of hydrogen-bond acceptors (Lipinski definition) is 4. The fourth-order valence-corrected chi connectivity index (χ4v) is 3.32. The fourth-order valence-electron chi connectivity index (χ4n) is 2.50. The van der Waals surface area contributed by atoms with Crippen LogP contribution in [0.25, 0.3) is 11.0 Å². The van der Waals surface area contributed by atoms with Crippen molar-refractivity contribution >= 4 is 28.7 Å². The van der Waals surface area contributed by atoms with Crippen LogP contribution in [0, 0.1) is 6.92 Å². The Morgan fingerprint density at radius 2 is 2.08 bits per heavy atom. The average molecular weight is 355 g/mol. The Morgan fingerprint density at radius 1 is 1.24 bits per heavy atom. The Kier molecular flexibility index (Phi) is 5.60. The summed E-state index contributed by atoms with van der Waals surface area (Å²) < 4.78 is 7.63. The molecule has 0 radical (unpaired) electrons. The van der Waals surface area contributed by atoms with Crippen LogP contribution in [0.3, 0.4) is 0 Å². The van der Waals surface area contributed by atoms with Gasteiger partial charge in [-0.25, -0.2) is 4.98 Å². The summed E-state index contributed by atoms with van der Waals surface area (Å²) in [7, 11) is 1.96. The molecule has 2 aromatic carbocycles. The number of carbonyl (C=O) groups is 1. The first-order valence-corrected chi connectivity index (χ1v) is 9.12. The Bertz CT molecular complexity index is 876. The molecule has 0 aliphatic rings. The largest absolute Gasteiger partial charge is 0.492 e. The molecule has 0 bridgehead atoms. The average Bonchev–Trinajstić information content (AvgIpc) is 2.93. The lowest BCUT2D eigenvalue weighted by atomic mass is 10.2. The maximum atomic E-state index is 12.0. The van der Waals surface area contributed by atoms with Gasteiger partial charge in [0.05, 0.1) is 23.3 Å². The molecular formula is C19H21N3O2S. The predicted molar refractivity (Wildman–Crippen MR) is 101 cm³/mol. The van der Waals surface area contributed by atoms with E-state index in [4.69, 9.17) is 4.74 Å². The lowest BCUT2D eigenvalue weighted by Crippen LogP contribution is -2.29. The molecule has 130 valence electrons. The molecule has 3 rings (SSSR count). The highest BCUT2D eigenvalue weighted by Gasteiger charge is 2.10. The first-order valence-electron chi connectivity index (χ1n) is 8.14. The Morgan fingerprint density at radius 3 is 2.88 bits per heavy atom. The molecule has 1 aromatic heterocycles. The second-order valence-electron chi connectivity index (χ2n) is 5.75. The lowest BCUT2D eigenvalue weighted by molar-refractivity contribution is -0.118. The standard InChI is InChI=1S/C19H21N3O2S/c1-14-6-5-7-15(12-14)24-11-10-20-18(23)13-25-19-21-16-8-3-4-9-17(16)22(19)2/h3-9,12H,10-11,13H2,1-2H3,(H,20,23). The first-order chi connectivity index (χ1) is 12.1. The van der Waals surface area contributed by atoms with Crippen molar-refractivity contribution in [1.82, 2.24) is 14.9 Å². The monoisotopic (exact) mass is 355 g/mol. The zero-order valence-electron chi connectivity index (χ0n) is 14.4. The van der Waals surface area contributed by atoms with Gasteiger partial charge in [-0.1, -0.05) is 36.0 Å². The molecule has 0 saturated heterocycles. The number of nitrogens with zero attached hydrogens (tertiary/aromatic N) is 2. The summed E-state index contributed by atoms with van der Waals surface area (Å²) in [5.41, 5.74) is 3.16. The van der Waals surface area contributed by atoms with Crippen LogP contribution in [0.1, 0.15) is 5.56 Å². The summed E-state index contributed by atoms with van der Waals surface area (Å²) in [6.45, 7) is 2.95. The minimum absolute atomic E-state index is 0.0232. The van der Waals surface area contributed by atoms with E-state index in [-0.39, 0.29) is 5.91 Å². The number of para-hydroxylation sites is 2. The van der Waals surface area contributed by atoms with Gasteiger partial charge in [0.25, 0.3) is 0 Å². The summed E-state index contributed by atoms with van der Waals surface area (Å²) in [5.74, 6) is 1.13. The van der Waals surface area contributed by atoms with E-state index in [1.807, 2.05) is 67.1 Å². The van der Waals surface area contributed by atoms with Crippen molar-refractivity contribution in [3.05, 3.63) is 54.1 Å². The second kappa shape index (κ2) is 8.07. The maximum Gasteiger partial charge on any atom is 0.230 e. The SMILES string of the molecule is Cc1cccc(OCCNC(=O)CSc2nc3ccccc3n2C)c1. The normalized spacial score (nSPS) is 10.8. The molecule has 0 fully saturated rings. The van der Waals surface area contributed by atoms with Gasteiger partial charge < -0.3 is 14.6 Å². The van der Waals surface area contributed by atoms with Crippen molar-refractivity contribution in [2.24, 2.45) is 7.05 Å². The zero-order chi connectivity index (χ0) is 17.6. The van der Waals surface area contributed by atoms with E-state index in [9.17, 15) is 4.79 Å². The molecule has 1 heterocycles. The maximum absolute atomic E-state index is 12.0. The number of nitrogens with one attached hydrogen (secondary N) is 1. The third-order valence-corrected chi connectivity index (χ3v) is 4.79. The van der Waals surface area contributed by atoms with E-state index in [1.54, 1.807) is 0 Å². The summed E-state index contributed by atoms with van der Waals surface area (Å²) in [6.07, 6.45) is 0. The molecular weight excluding hydrogens is 334 g/mol. The van der Waals surface area contributed by atoms with Crippen molar-refractivity contribution in [1.29, 1.82) is 0 Å². The zero-order valence-corrected chi connectivity index (χ0v) is 15.2. The van der Waals surface area contributed by atoms with Crippen molar-refractivity contribution < 1.29 is 9.53 Å². The molecule has 1 N–H and O–H groups in total. The Labute approximate surface area is 151 Å². The van der Waals surface area contributed by atoms with Crippen LogP contribution in [0.15, 0.2) is 53.7 Å². The van der Waals surface area contributed by atoms with Gasteiger partial charge >= 0.3 is 0 Å². The summed E-state index contributed by atoms with van der Waals surface area (Å²) in [4.78, 5) is 16.5. The van der Waals surface area contributed by atoms with Crippen molar-refractivity contribution in [2.45, 2.75) is 12.1 Å². The molecule has 0 unspecified atom stereocenters. The van der Waals surface area contributed by atoms with Gasteiger partial charge in [-0.2, -0.15) is 0 Å². The predicted octanol–water partition coefficient (Wildman–Crippen LogP) is 3.17. The molecule has 6 heteroatoms. The van der Waals surface area contributed by atoms with Gasteiger partial charge in [0.1, 0.15) is 12.4 Å². The number of benzene rings is 2. The Balaban J connectivity index is 1.42. The number of amides is 1. The minimum atomic E-state index is -0.0232. The smallest absolute Gasteiger partial charge is 0.230 e. The third-order valence-electron chi connectivity index (χ3n) is 3.76. The second-order valence-corrected chi connectivity index (χ2v) is 6.69. The number of aryl methyl sites for hydroxylation is 2. The van der Waals surface area contributed by atoms with E-state index in [0.717, 1.165) is 27.5 Å². The van der Waals surface area contributed by atoms with E-state index >= 15 is 0 Å². The number of rotatable bonds is 7. The van der Waals surface area contributed by atoms with Gasteiger partial charge in [-0.3, -0.25) is 4.79 Å². The number of fused-ring (bicyclic) bond motifs is 1. The molecule has 3 aromatic rings. The fraction of sp³-hybridized carbons (Fsp3) is 0.263. The topological polar surface area (TPSA) is 56.1 Å². The van der Waals surface area contributed by atoms with Crippen LogP contribution in [-0.4, -0.2) is 34.4 Å². The minimum Gasteiger partial charge on any atom is -0.492 e. The van der Waals surface area contributed by atoms with Crippen molar-refractivity contribution in [3.63, 3.8) is 0 Å². The van der Waals surface area contributed by atoms with Crippen LogP contribution in [0.4, 0.5) is 0 Å². The van der Waals surface area contributed by atoms with E-state index < -0.39 is 0 Å². The molecule has 0 spiro atoms. The number of ether oxygens (including phenoxy) is 1. The first kappa shape index (κ1) is 17.4. The molecule has 0 atom stereocenters.